The van der Waals surface area contributed by atoms with Crippen LogP contribution in [-0.4, -0.2) is 49.1 Å². The largest absolute Gasteiger partial charge is 0.497 e. The average Bonchev–Trinajstić information content (AvgIpc) is 3.54. The molecule has 0 aliphatic heterocycles. The fraction of sp³-hybridized carbons (Fsp3) is 0.292. The highest BCUT2D eigenvalue weighted by molar-refractivity contribution is 5.94. The SMILES string of the molecule is CCc1nc(-c2ccc(OC)cc2)n(-c2cccc(C(=O)NCCCCn3cncn3)c2)n1. The standard InChI is InChI=1S/C24H27N7O2/c1-3-22-28-23(18-9-11-21(33-2)12-10-18)31(29-22)20-8-6-7-19(15-20)24(32)26-13-4-5-14-30-17-25-16-27-30/h6-12,15-17H,3-5,13-14H2,1-2H3,(H,26,32). The molecule has 0 aliphatic rings. The molecule has 2 aromatic carbocycles. The molecule has 4 aromatic rings. The van der Waals surface area contributed by atoms with Gasteiger partial charge in [0.2, 0.25) is 0 Å². The Labute approximate surface area is 192 Å². The molecule has 2 aromatic heterocycles. The van der Waals surface area contributed by atoms with Crippen molar-refractivity contribution in [2.24, 2.45) is 0 Å². The molecule has 1 N–H and O–H groups in total. The molecule has 0 saturated carbocycles. The summed E-state index contributed by atoms with van der Waals surface area (Å²) in [5.74, 6) is 2.13. The van der Waals surface area contributed by atoms with Crippen LogP contribution in [0.3, 0.4) is 0 Å². The molecule has 0 saturated heterocycles. The van der Waals surface area contributed by atoms with Gasteiger partial charge >= 0.3 is 0 Å². The number of ether oxygens (including phenoxy) is 1. The summed E-state index contributed by atoms with van der Waals surface area (Å²) in [5.41, 5.74) is 2.29. The minimum absolute atomic E-state index is 0.112. The Kier molecular flexibility index (Phi) is 7.09. The monoisotopic (exact) mass is 445 g/mol. The number of carbonyl (C=O) groups excluding carboxylic acids is 1. The number of nitrogens with one attached hydrogen (secondary N) is 1. The Morgan fingerprint density at radius 2 is 1.97 bits per heavy atom. The fourth-order valence-electron chi connectivity index (χ4n) is 3.44. The molecule has 0 spiro atoms. The fourth-order valence-corrected chi connectivity index (χ4v) is 3.44. The lowest BCUT2D eigenvalue weighted by atomic mass is 10.1. The summed E-state index contributed by atoms with van der Waals surface area (Å²) in [4.78, 5) is 21.3. The van der Waals surface area contributed by atoms with Gasteiger partial charge < -0.3 is 10.1 Å². The molecule has 0 aliphatic carbocycles. The van der Waals surface area contributed by atoms with Crippen LogP contribution in [0.25, 0.3) is 17.1 Å². The zero-order chi connectivity index (χ0) is 23.0. The number of benzene rings is 2. The third-order valence-electron chi connectivity index (χ3n) is 5.23. The van der Waals surface area contributed by atoms with Crippen molar-refractivity contribution < 1.29 is 9.53 Å². The molecule has 0 atom stereocenters. The van der Waals surface area contributed by atoms with Crippen molar-refractivity contribution in [1.29, 1.82) is 0 Å². The number of unbranched alkanes of at least 4 members (excludes halogenated alkanes) is 1. The summed E-state index contributed by atoms with van der Waals surface area (Å²) in [6.07, 6.45) is 5.69. The molecule has 1 amide bonds. The van der Waals surface area contributed by atoms with E-state index in [1.54, 1.807) is 28.9 Å². The van der Waals surface area contributed by atoms with Gasteiger partial charge in [0.05, 0.1) is 12.8 Å². The predicted octanol–water partition coefficient (Wildman–Crippen LogP) is 3.31. The highest BCUT2D eigenvalue weighted by atomic mass is 16.5. The van der Waals surface area contributed by atoms with Crippen molar-refractivity contribution >= 4 is 5.91 Å². The Hall–Kier alpha value is -4.01. The van der Waals surface area contributed by atoms with Gasteiger partial charge in [-0.3, -0.25) is 9.48 Å². The van der Waals surface area contributed by atoms with Crippen molar-refractivity contribution in [1.82, 2.24) is 34.8 Å². The second-order valence-corrected chi connectivity index (χ2v) is 7.52. The van der Waals surface area contributed by atoms with E-state index in [0.717, 1.165) is 48.0 Å². The van der Waals surface area contributed by atoms with Crippen molar-refractivity contribution in [3.05, 3.63) is 72.6 Å². The zero-order valence-electron chi connectivity index (χ0n) is 18.8. The van der Waals surface area contributed by atoms with Crippen LogP contribution in [0.2, 0.25) is 0 Å². The van der Waals surface area contributed by atoms with Crippen molar-refractivity contribution in [3.8, 4) is 22.8 Å². The quantitative estimate of drug-likeness (QED) is 0.376. The molecule has 0 bridgehead atoms. The third kappa shape index (κ3) is 5.43. The topological polar surface area (TPSA) is 99.8 Å². The highest BCUT2D eigenvalue weighted by Crippen LogP contribution is 2.24. The van der Waals surface area contributed by atoms with E-state index in [1.807, 2.05) is 49.4 Å². The first-order chi connectivity index (χ1) is 16.2. The van der Waals surface area contributed by atoms with Gasteiger partial charge in [-0.2, -0.15) is 10.2 Å². The second kappa shape index (κ2) is 10.5. The molecule has 170 valence electrons. The number of rotatable bonds is 10. The number of nitrogens with zero attached hydrogens (tertiary/aromatic N) is 6. The Balaban J connectivity index is 1.46. The van der Waals surface area contributed by atoms with Crippen LogP contribution in [0.4, 0.5) is 0 Å². The number of amides is 1. The Morgan fingerprint density at radius 3 is 2.70 bits per heavy atom. The summed E-state index contributed by atoms with van der Waals surface area (Å²) in [6.45, 7) is 3.40. The molecule has 0 fully saturated rings. The van der Waals surface area contributed by atoms with Crippen LogP contribution in [0.1, 0.15) is 35.9 Å². The maximum absolute atomic E-state index is 12.7. The molecule has 9 nitrogen and oxygen atoms in total. The molecule has 0 radical (unpaired) electrons. The van der Waals surface area contributed by atoms with Crippen LogP contribution >= 0.6 is 0 Å². The lowest BCUT2D eigenvalue weighted by Gasteiger charge is -2.09. The van der Waals surface area contributed by atoms with E-state index in [0.29, 0.717) is 18.5 Å². The third-order valence-corrected chi connectivity index (χ3v) is 5.23. The van der Waals surface area contributed by atoms with Crippen LogP contribution in [0.5, 0.6) is 5.75 Å². The maximum Gasteiger partial charge on any atom is 0.251 e. The zero-order valence-corrected chi connectivity index (χ0v) is 18.8. The first-order valence-electron chi connectivity index (χ1n) is 11.0. The van der Waals surface area contributed by atoms with Crippen LogP contribution in [-0.2, 0) is 13.0 Å². The van der Waals surface area contributed by atoms with E-state index < -0.39 is 0 Å². The Bertz CT molecular complexity index is 1180. The van der Waals surface area contributed by atoms with E-state index in [4.69, 9.17) is 9.72 Å². The van der Waals surface area contributed by atoms with Crippen LogP contribution < -0.4 is 10.1 Å². The summed E-state index contributed by atoms with van der Waals surface area (Å²) < 4.78 is 8.83. The summed E-state index contributed by atoms with van der Waals surface area (Å²) in [5, 5.41) is 11.7. The van der Waals surface area contributed by atoms with Gasteiger partial charge in [-0.1, -0.05) is 13.0 Å². The average molecular weight is 446 g/mol. The van der Waals surface area contributed by atoms with Crippen molar-refractivity contribution in [3.63, 3.8) is 0 Å². The van der Waals surface area contributed by atoms with E-state index in [2.05, 4.69) is 20.5 Å². The molecular weight excluding hydrogens is 418 g/mol. The van der Waals surface area contributed by atoms with E-state index in [9.17, 15) is 4.79 Å². The smallest absolute Gasteiger partial charge is 0.251 e. The molecule has 4 rings (SSSR count). The number of hydrogen-bond acceptors (Lipinski definition) is 6. The van der Waals surface area contributed by atoms with E-state index >= 15 is 0 Å². The normalized spacial score (nSPS) is 10.8. The van der Waals surface area contributed by atoms with Gasteiger partial charge in [-0.05, 0) is 55.3 Å². The minimum atomic E-state index is -0.112. The molecular formula is C24H27N7O2. The summed E-state index contributed by atoms with van der Waals surface area (Å²) in [6, 6.07) is 15.1. The van der Waals surface area contributed by atoms with Crippen LogP contribution in [0.15, 0.2) is 61.2 Å². The summed E-state index contributed by atoms with van der Waals surface area (Å²) >= 11 is 0. The number of carbonyl (C=O) groups is 1. The lowest BCUT2D eigenvalue weighted by molar-refractivity contribution is 0.0953. The maximum atomic E-state index is 12.7. The number of methoxy groups -OCH3 is 1. The first-order valence-corrected chi connectivity index (χ1v) is 11.0. The number of aryl methyl sites for hydroxylation is 2. The number of hydrogen-bond donors (Lipinski definition) is 1. The lowest BCUT2D eigenvalue weighted by Crippen LogP contribution is -2.24. The van der Waals surface area contributed by atoms with Gasteiger partial charge in [0.1, 0.15) is 18.4 Å². The predicted molar refractivity (Wildman–Crippen MR) is 124 cm³/mol. The van der Waals surface area contributed by atoms with Crippen LogP contribution in [0, 0.1) is 0 Å². The first kappa shape index (κ1) is 22.2. The molecule has 2 heterocycles. The van der Waals surface area contributed by atoms with Gasteiger partial charge in [-0.15, -0.1) is 0 Å². The van der Waals surface area contributed by atoms with Gasteiger partial charge in [0, 0.05) is 30.6 Å². The summed E-state index contributed by atoms with van der Waals surface area (Å²) in [7, 11) is 1.64. The molecule has 33 heavy (non-hydrogen) atoms. The van der Waals surface area contributed by atoms with Crippen molar-refractivity contribution in [2.45, 2.75) is 32.7 Å². The Morgan fingerprint density at radius 1 is 1.12 bits per heavy atom. The highest BCUT2D eigenvalue weighted by Gasteiger charge is 2.15. The second-order valence-electron chi connectivity index (χ2n) is 7.52. The van der Waals surface area contributed by atoms with Gasteiger partial charge in [0.15, 0.2) is 11.6 Å². The number of aromatic nitrogens is 6. The molecule has 9 heteroatoms. The van der Waals surface area contributed by atoms with Gasteiger partial charge in [0.25, 0.3) is 5.91 Å². The minimum Gasteiger partial charge on any atom is -0.497 e. The molecule has 0 unspecified atom stereocenters. The van der Waals surface area contributed by atoms with E-state index in [-0.39, 0.29) is 5.91 Å². The van der Waals surface area contributed by atoms with E-state index in [1.165, 1.54) is 6.33 Å². The van der Waals surface area contributed by atoms with Gasteiger partial charge in [-0.25, -0.2) is 14.6 Å². The van der Waals surface area contributed by atoms with Crippen molar-refractivity contribution in [2.75, 3.05) is 13.7 Å².